The van der Waals surface area contributed by atoms with Crippen molar-refractivity contribution >= 4 is 27.9 Å². The number of para-hydroxylation sites is 1. The summed E-state index contributed by atoms with van der Waals surface area (Å²) in [7, 11) is 2.02. The summed E-state index contributed by atoms with van der Waals surface area (Å²) in [6, 6.07) is 12.5. The molecule has 1 aliphatic heterocycles. The number of aromatic nitrogens is 2. The number of imidazole rings is 1. The molecule has 2 aromatic carbocycles. The van der Waals surface area contributed by atoms with E-state index < -0.39 is 0 Å². The lowest BCUT2D eigenvalue weighted by atomic mass is 9.85. The van der Waals surface area contributed by atoms with Crippen LogP contribution in [-0.2, 0) is 12.6 Å². The number of rotatable bonds is 3. The highest BCUT2D eigenvalue weighted by molar-refractivity contribution is 6.07. The van der Waals surface area contributed by atoms with Gasteiger partial charge in [-0.15, -0.1) is 0 Å². The Morgan fingerprint density at radius 3 is 2.64 bits per heavy atom. The van der Waals surface area contributed by atoms with E-state index >= 15 is 0 Å². The van der Waals surface area contributed by atoms with E-state index in [2.05, 4.69) is 72.2 Å². The van der Waals surface area contributed by atoms with Gasteiger partial charge in [0.25, 0.3) is 0 Å². The maximum absolute atomic E-state index is 6.14. The summed E-state index contributed by atoms with van der Waals surface area (Å²) in [5.74, 6) is 0.943. The van der Waals surface area contributed by atoms with Crippen LogP contribution >= 0.6 is 0 Å². The van der Waals surface area contributed by atoms with Gasteiger partial charge in [0.05, 0.1) is 12.2 Å². The lowest BCUT2D eigenvalue weighted by molar-refractivity contribution is 0.202. The maximum Gasteiger partial charge on any atom is 0.210 e. The van der Waals surface area contributed by atoms with Crippen molar-refractivity contribution in [3.8, 4) is 0 Å². The fourth-order valence-electron chi connectivity index (χ4n) is 4.40. The minimum absolute atomic E-state index is 0.216. The first kappa shape index (κ1) is 16.9. The molecule has 5 heteroatoms. The number of hydrogen-bond donors (Lipinski definition) is 0. The predicted molar refractivity (Wildman–Crippen MR) is 113 cm³/mol. The number of furan rings is 1. The molecule has 0 amide bonds. The Bertz CT molecular complexity index is 1210. The monoisotopic (exact) mass is 372 g/mol. The Labute approximate surface area is 164 Å². The molecule has 3 heterocycles. The topological polar surface area (TPSA) is 37.4 Å². The van der Waals surface area contributed by atoms with Gasteiger partial charge in [-0.1, -0.05) is 24.3 Å². The highest BCUT2D eigenvalue weighted by atomic mass is 16.3. The second-order valence-electron chi connectivity index (χ2n) is 8.01. The Morgan fingerprint density at radius 2 is 1.86 bits per heavy atom. The molecule has 0 atom stereocenters. The molecule has 0 radical (unpaired) electrons. The molecule has 28 heavy (non-hydrogen) atoms. The van der Waals surface area contributed by atoms with Gasteiger partial charge in [0.2, 0.25) is 5.95 Å². The molecule has 0 unspecified atom stereocenters. The molecule has 0 spiro atoms. The second-order valence-corrected chi connectivity index (χ2v) is 8.01. The standard InChI is InChI=1S/C23H24N4O/c1-16-9-10-19-20(17-7-5-6-8-18(17)28-19)21(16)23(2,3)27-14-13-26(15-27)22-24-11-12-25(22)4/h5-14H,15H2,1-4H3. The van der Waals surface area contributed by atoms with E-state index in [4.69, 9.17) is 4.42 Å². The van der Waals surface area contributed by atoms with Crippen molar-refractivity contribution in [1.29, 1.82) is 0 Å². The van der Waals surface area contributed by atoms with Crippen LogP contribution in [0, 0.1) is 6.92 Å². The molecule has 2 aromatic heterocycles. The fraction of sp³-hybridized carbons (Fsp3) is 0.261. The number of hydrogen-bond acceptors (Lipinski definition) is 4. The smallest absolute Gasteiger partial charge is 0.210 e. The summed E-state index contributed by atoms with van der Waals surface area (Å²) in [4.78, 5) is 9.02. The average Bonchev–Trinajstić information content (AvgIpc) is 3.39. The van der Waals surface area contributed by atoms with E-state index in [0.29, 0.717) is 0 Å². The van der Waals surface area contributed by atoms with Crippen LogP contribution < -0.4 is 4.90 Å². The predicted octanol–water partition coefficient (Wildman–Crippen LogP) is 5.11. The minimum atomic E-state index is -0.216. The summed E-state index contributed by atoms with van der Waals surface area (Å²) < 4.78 is 8.18. The van der Waals surface area contributed by atoms with E-state index in [0.717, 1.165) is 23.8 Å². The van der Waals surface area contributed by atoms with Crippen LogP contribution in [0.1, 0.15) is 25.0 Å². The molecule has 0 fully saturated rings. The van der Waals surface area contributed by atoms with Crippen LogP contribution in [0.15, 0.2) is 65.6 Å². The molecule has 5 rings (SSSR count). The average molecular weight is 372 g/mol. The second kappa shape index (κ2) is 5.89. The van der Waals surface area contributed by atoms with E-state index in [1.165, 1.54) is 21.9 Å². The van der Waals surface area contributed by atoms with E-state index in [1.807, 2.05) is 36.1 Å². The van der Waals surface area contributed by atoms with Crippen molar-refractivity contribution in [2.75, 3.05) is 11.6 Å². The van der Waals surface area contributed by atoms with Crippen molar-refractivity contribution < 1.29 is 4.42 Å². The number of aryl methyl sites for hydroxylation is 2. The summed E-state index contributed by atoms with van der Waals surface area (Å²) in [5, 5.41) is 2.39. The first-order valence-corrected chi connectivity index (χ1v) is 9.57. The lowest BCUT2D eigenvalue weighted by Crippen LogP contribution is -2.40. The van der Waals surface area contributed by atoms with Gasteiger partial charge in [-0.05, 0) is 44.0 Å². The first-order chi connectivity index (χ1) is 13.5. The molecule has 0 aliphatic carbocycles. The van der Waals surface area contributed by atoms with Gasteiger partial charge in [-0.3, -0.25) is 4.90 Å². The summed E-state index contributed by atoms with van der Waals surface area (Å²) in [6.07, 6.45) is 8.07. The minimum Gasteiger partial charge on any atom is -0.456 e. The van der Waals surface area contributed by atoms with Crippen LogP contribution in [0.3, 0.4) is 0 Å². The molecule has 1 aliphatic rings. The molecule has 0 saturated heterocycles. The zero-order valence-electron chi connectivity index (χ0n) is 16.7. The van der Waals surface area contributed by atoms with Crippen LogP contribution in [0.2, 0.25) is 0 Å². The number of benzene rings is 2. The van der Waals surface area contributed by atoms with Crippen molar-refractivity contribution in [1.82, 2.24) is 14.5 Å². The van der Waals surface area contributed by atoms with Gasteiger partial charge < -0.3 is 13.9 Å². The van der Waals surface area contributed by atoms with E-state index in [9.17, 15) is 0 Å². The lowest BCUT2D eigenvalue weighted by Gasteiger charge is -2.38. The van der Waals surface area contributed by atoms with Crippen molar-refractivity contribution in [3.63, 3.8) is 0 Å². The van der Waals surface area contributed by atoms with Crippen LogP contribution in [0.25, 0.3) is 21.9 Å². The van der Waals surface area contributed by atoms with Crippen LogP contribution in [-0.4, -0.2) is 21.1 Å². The van der Waals surface area contributed by atoms with Gasteiger partial charge in [0.1, 0.15) is 11.2 Å². The number of fused-ring (bicyclic) bond motifs is 3. The molecule has 0 N–H and O–H groups in total. The summed E-state index contributed by atoms with van der Waals surface area (Å²) in [5.41, 5.74) is 4.24. The quantitative estimate of drug-likeness (QED) is 0.501. The van der Waals surface area contributed by atoms with Crippen molar-refractivity contribution in [3.05, 3.63) is 72.3 Å². The molecule has 0 saturated carbocycles. The molecular weight excluding hydrogens is 348 g/mol. The summed E-state index contributed by atoms with van der Waals surface area (Å²) in [6.45, 7) is 7.50. The van der Waals surface area contributed by atoms with Crippen molar-refractivity contribution in [2.45, 2.75) is 26.3 Å². The largest absolute Gasteiger partial charge is 0.456 e. The number of anilines is 1. The third kappa shape index (κ3) is 2.35. The molecule has 4 aromatic rings. The molecule has 142 valence electrons. The normalized spacial score (nSPS) is 14.7. The molecule has 5 nitrogen and oxygen atoms in total. The SMILES string of the molecule is Cc1ccc2oc3ccccc3c2c1C(C)(C)N1C=CN(c2nccn2C)C1. The van der Waals surface area contributed by atoms with Gasteiger partial charge in [-0.2, -0.15) is 0 Å². The van der Waals surface area contributed by atoms with E-state index in [1.54, 1.807) is 0 Å². The zero-order chi connectivity index (χ0) is 19.5. The first-order valence-electron chi connectivity index (χ1n) is 9.57. The van der Waals surface area contributed by atoms with Crippen LogP contribution in [0.4, 0.5) is 5.95 Å². The van der Waals surface area contributed by atoms with Gasteiger partial charge >= 0.3 is 0 Å². The Hall–Kier alpha value is -3.21. The Morgan fingerprint density at radius 1 is 1.04 bits per heavy atom. The maximum atomic E-state index is 6.14. The third-order valence-corrected chi connectivity index (χ3v) is 5.87. The number of nitrogens with zero attached hydrogens (tertiary/aromatic N) is 4. The van der Waals surface area contributed by atoms with Gasteiger partial charge in [0.15, 0.2) is 0 Å². The van der Waals surface area contributed by atoms with Gasteiger partial charge in [-0.25, -0.2) is 4.98 Å². The molecule has 0 bridgehead atoms. The Kier molecular flexibility index (Phi) is 3.56. The van der Waals surface area contributed by atoms with Crippen LogP contribution in [0.5, 0.6) is 0 Å². The Balaban J connectivity index is 1.62. The van der Waals surface area contributed by atoms with E-state index in [-0.39, 0.29) is 5.54 Å². The third-order valence-electron chi connectivity index (χ3n) is 5.87. The zero-order valence-corrected chi connectivity index (χ0v) is 16.7. The summed E-state index contributed by atoms with van der Waals surface area (Å²) >= 11 is 0. The fourth-order valence-corrected chi connectivity index (χ4v) is 4.40. The molecular formula is C23H24N4O. The van der Waals surface area contributed by atoms with Gasteiger partial charge in [0, 0.05) is 42.6 Å². The highest BCUT2D eigenvalue weighted by Gasteiger charge is 2.34. The highest BCUT2D eigenvalue weighted by Crippen LogP contribution is 2.41. The van der Waals surface area contributed by atoms with Crippen molar-refractivity contribution in [2.24, 2.45) is 7.05 Å².